The standard InChI is InChI=1S/C10H18N2O/c1-12-7-3-4-8-9(11-13)5-2-6-10(8)12/h8,10,13H,2-7H2,1H3/b11-9+. The number of likely N-dealkylation sites (tertiary alicyclic amines) is 1. The molecule has 1 aliphatic carbocycles. The Bertz CT molecular complexity index is 215. The predicted octanol–water partition coefficient (Wildman–Crippen LogP) is 1.71. The molecule has 2 unspecified atom stereocenters. The molecule has 74 valence electrons. The minimum Gasteiger partial charge on any atom is -0.411 e. The molecule has 0 aromatic carbocycles. The molecule has 2 rings (SSSR count). The fourth-order valence-electron chi connectivity index (χ4n) is 2.84. The minimum atomic E-state index is 0.539. The van der Waals surface area contributed by atoms with E-state index < -0.39 is 0 Å². The van der Waals surface area contributed by atoms with E-state index in [-0.39, 0.29) is 0 Å². The van der Waals surface area contributed by atoms with E-state index in [0.29, 0.717) is 12.0 Å². The van der Waals surface area contributed by atoms with Crippen molar-refractivity contribution in [2.75, 3.05) is 13.6 Å². The molecule has 0 aromatic rings. The van der Waals surface area contributed by atoms with Gasteiger partial charge in [-0.1, -0.05) is 5.16 Å². The quantitative estimate of drug-likeness (QED) is 0.457. The second-order valence-corrected chi connectivity index (χ2v) is 4.28. The maximum absolute atomic E-state index is 8.89. The lowest BCUT2D eigenvalue weighted by molar-refractivity contribution is 0.131. The molecule has 1 N–H and O–H groups in total. The molecule has 2 fully saturated rings. The third-order valence-electron chi connectivity index (χ3n) is 3.55. The molecule has 0 amide bonds. The molecule has 0 aromatic heterocycles. The van der Waals surface area contributed by atoms with Gasteiger partial charge in [-0.05, 0) is 45.7 Å². The first-order valence-electron chi connectivity index (χ1n) is 5.24. The minimum absolute atomic E-state index is 0.539. The van der Waals surface area contributed by atoms with Crippen molar-refractivity contribution in [1.29, 1.82) is 0 Å². The second kappa shape index (κ2) is 3.66. The molecule has 1 aliphatic heterocycles. The van der Waals surface area contributed by atoms with Crippen LogP contribution in [0.4, 0.5) is 0 Å². The Morgan fingerprint density at radius 3 is 3.00 bits per heavy atom. The molecule has 1 saturated carbocycles. The van der Waals surface area contributed by atoms with Gasteiger partial charge in [0.05, 0.1) is 5.71 Å². The molecule has 1 saturated heterocycles. The normalized spacial score (nSPS) is 39.0. The van der Waals surface area contributed by atoms with Crippen LogP contribution in [0.2, 0.25) is 0 Å². The number of fused-ring (bicyclic) bond motifs is 1. The van der Waals surface area contributed by atoms with Gasteiger partial charge in [-0.15, -0.1) is 0 Å². The summed E-state index contributed by atoms with van der Waals surface area (Å²) in [5.74, 6) is 0.539. The van der Waals surface area contributed by atoms with E-state index >= 15 is 0 Å². The maximum atomic E-state index is 8.89. The first-order chi connectivity index (χ1) is 6.33. The smallest absolute Gasteiger partial charge is 0.0617 e. The summed E-state index contributed by atoms with van der Waals surface area (Å²) in [5.41, 5.74) is 1.04. The summed E-state index contributed by atoms with van der Waals surface area (Å²) >= 11 is 0. The van der Waals surface area contributed by atoms with Crippen LogP contribution in [0.1, 0.15) is 32.1 Å². The Hall–Kier alpha value is -0.570. The van der Waals surface area contributed by atoms with Gasteiger partial charge in [0, 0.05) is 12.0 Å². The summed E-state index contributed by atoms with van der Waals surface area (Å²) in [4.78, 5) is 2.43. The number of nitrogens with zero attached hydrogens (tertiary/aromatic N) is 2. The fourth-order valence-corrected chi connectivity index (χ4v) is 2.84. The molecule has 13 heavy (non-hydrogen) atoms. The van der Waals surface area contributed by atoms with Crippen LogP contribution in [-0.2, 0) is 0 Å². The van der Waals surface area contributed by atoms with Gasteiger partial charge >= 0.3 is 0 Å². The van der Waals surface area contributed by atoms with E-state index in [4.69, 9.17) is 5.21 Å². The van der Waals surface area contributed by atoms with Crippen LogP contribution in [0.15, 0.2) is 5.16 Å². The van der Waals surface area contributed by atoms with Crippen molar-refractivity contribution < 1.29 is 5.21 Å². The van der Waals surface area contributed by atoms with Crippen molar-refractivity contribution in [2.45, 2.75) is 38.1 Å². The molecule has 3 heteroatoms. The number of rotatable bonds is 0. The lowest BCUT2D eigenvalue weighted by Crippen LogP contribution is -2.47. The summed E-state index contributed by atoms with van der Waals surface area (Å²) in [6.45, 7) is 1.21. The van der Waals surface area contributed by atoms with Crippen LogP contribution >= 0.6 is 0 Å². The van der Waals surface area contributed by atoms with Crippen molar-refractivity contribution >= 4 is 5.71 Å². The third-order valence-corrected chi connectivity index (χ3v) is 3.55. The van der Waals surface area contributed by atoms with Crippen LogP contribution < -0.4 is 0 Å². The van der Waals surface area contributed by atoms with Gasteiger partial charge in [-0.3, -0.25) is 0 Å². The first-order valence-corrected chi connectivity index (χ1v) is 5.24. The van der Waals surface area contributed by atoms with Crippen LogP contribution in [0.5, 0.6) is 0 Å². The van der Waals surface area contributed by atoms with Gasteiger partial charge in [0.15, 0.2) is 0 Å². The van der Waals surface area contributed by atoms with E-state index in [2.05, 4.69) is 17.1 Å². The second-order valence-electron chi connectivity index (χ2n) is 4.28. The van der Waals surface area contributed by atoms with E-state index in [9.17, 15) is 0 Å². The van der Waals surface area contributed by atoms with Crippen LogP contribution in [0.25, 0.3) is 0 Å². The van der Waals surface area contributed by atoms with E-state index in [1.54, 1.807) is 0 Å². The Morgan fingerprint density at radius 1 is 1.38 bits per heavy atom. The number of hydrogen-bond donors (Lipinski definition) is 1. The average molecular weight is 182 g/mol. The number of oxime groups is 1. The summed E-state index contributed by atoms with van der Waals surface area (Å²) in [6.07, 6.45) is 5.93. The lowest BCUT2D eigenvalue weighted by Gasteiger charge is -2.42. The van der Waals surface area contributed by atoms with Crippen LogP contribution in [0, 0.1) is 5.92 Å². The zero-order chi connectivity index (χ0) is 9.26. The molecule has 2 aliphatic rings. The Kier molecular flexibility index (Phi) is 2.54. The van der Waals surface area contributed by atoms with Crippen LogP contribution in [0.3, 0.4) is 0 Å². The van der Waals surface area contributed by atoms with Gasteiger partial charge in [-0.2, -0.15) is 0 Å². The highest BCUT2D eigenvalue weighted by Crippen LogP contribution is 2.32. The van der Waals surface area contributed by atoms with E-state index in [1.165, 1.54) is 32.2 Å². The Balaban J connectivity index is 2.14. The highest BCUT2D eigenvalue weighted by Gasteiger charge is 2.35. The zero-order valence-electron chi connectivity index (χ0n) is 8.24. The van der Waals surface area contributed by atoms with Crippen molar-refractivity contribution in [3.8, 4) is 0 Å². The van der Waals surface area contributed by atoms with Crippen LogP contribution in [-0.4, -0.2) is 35.5 Å². The summed E-state index contributed by atoms with van der Waals surface area (Å²) < 4.78 is 0. The summed E-state index contributed by atoms with van der Waals surface area (Å²) in [7, 11) is 2.19. The zero-order valence-corrected chi connectivity index (χ0v) is 8.24. The van der Waals surface area contributed by atoms with Crippen molar-refractivity contribution in [3.05, 3.63) is 0 Å². The first kappa shape index (κ1) is 9.00. The molecular formula is C10H18N2O. The van der Waals surface area contributed by atoms with Gasteiger partial charge in [-0.25, -0.2) is 0 Å². The van der Waals surface area contributed by atoms with Gasteiger partial charge < -0.3 is 10.1 Å². The topological polar surface area (TPSA) is 35.8 Å². The third kappa shape index (κ3) is 1.57. The van der Waals surface area contributed by atoms with Crippen molar-refractivity contribution in [2.24, 2.45) is 11.1 Å². The highest BCUT2D eigenvalue weighted by molar-refractivity contribution is 5.87. The molecule has 0 spiro atoms. The van der Waals surface area contributed by atoms with E-state index in [0.717, 1.165) is 12.1 Å². The van der Waals surface area contributed by atoms with Crippen molar-refractivity contribution in [1.82, 2.24) is 4.90 Å². The molecule has 3 nitrogen and oxygen atoms in total. The molecule has 0 radical (unpaired) electrons. The summed E-state index contributed by atoms with van der Waals surface area (Å²) in [5, 5.41) is 12.3. The largest absolute Gasteiger partial charge is 0.411 e. The molecule has 1 heterocycles. The molecule has 0 bridgehead atoms. The summed E-state index contributed by atoms with van der Waals surface area (Å²) in [6, 6.07) is 0.647. The predicted molar refractivity (Wildman–Crippen MR) is 52.2 cm³/mol. The molecular weight excluding hydrogens is 164 g/mol. The van der Waals surface area contributed by atoms with Gasteiger partial charge in [0.2, 0.25) is 0 Å². The fraction of sp³-hybridized carbons (Fsp3) is 0.900. The average Bonchev–Trinajstić information content (AvgIpc) is 2.18. The van der Waals surface area contributed by atoms with Gasteiger partial charge in [0.1, 0.15) is 0 Å². The van der Waals surface area contributed by atoms with Gasteiger partial charge in [0.25, 0.3) is 0 Å². The van der Waals surface area contributed by atoms with Crippen molar-refractivity contribution in [3.63, 3.8) is 0 Å². The SMILES string of the molecule is CN1CCCC2/C(=N/O)CCCC21. The Labute approximate surface area is 79.4 Å². The number of piperidine rings is 1. The highest BCUT2D eigenvalue weighted by atomic mass is 16.4. The van der Waals surface area contributed by atoms with E-state index in [1.807, 2.05) is 0 Å². The number of hydrogen-bond acceptors (Lipinski definition) is 3. The molecule has 2 atom stereocenters. The maximum Gasteiger partial charge on any atom is 0.0617 e. The Morgan fingerprint density at radius 2 is 2.23 bits per heavy atom. The lowest BCUT2D eigenvalue weighted by atomic mass is 9.77. The monoisotopic (exact) mass is 182 g/mol.